The molecule has 6 nitrogen and oxygen atoms in total. The SMILES string of the molecule is COCCC(=O)Nc1ccccc1NC(=O)c1ccc2ccccc2n1. The van der Waals surface area contributed by atoms with E-state index in [0.717, 1.165) is 10.9 Å². The number of hydrogen-bond donors (Lipinski definition) is 2. The summed E-state index contributed by atoms with van der Waals surface area (Å²) in [5.74, 6) is -0.522. The number of pyridine rings is 1. The van der Waals surface area contributed by atoms with E-state index in [1.165, 1.54) is 7.11 Å². The van der Waals surface area contributed by atoms with Crippen LogP contribution in [0.15, 0.2) is 60.7 Å². The average molecular weight is 349 g/mol. The van der Waals surface area contributed by atoms with E-state index in [9.17, 15) is 9.59 Å². The molecule has 0 radical (unpaired) electrons. The summed E-state index contributed by atoms with van der Waals surface area (Å²) in [6.07, 6.45) is 0.241. The van der Waals surface area contributed by atoms with Gasteiger partial charge in [-0.05, 0) is 24.3 Å². The molecule has 1 heterocycles. The lowest BCUT2D eigenvalue weighted by molar-refractivity contribution is -0.117. The Labute approximate surface area is 151 Å². The van der Waals surface area contributed by atoms with Gasteiger partial charge in [-0.15, -0.1) is 0 Å². The highest BCUT2D eigenvalue weighted by atomic mass is 16.5. The van der Waals surface area contributed by atoms with Crippen LogP contribution < -0.4 is 10.6 Å². The molecule has 0 saturated heterocycles. The standard InChI is InChI=1S/C20H19N3O3/c1-26-13-12-19(24)22-16-8-4-5-9-17(16)23-20(25)18-11-10-14-6-2-3-7-15(14)21-18/h2-11H,12-13H2,1H3,(H,22,24)(H,23,25). The zero-order chi connectivity index (χ0) is 18.4. The smallest absolute Gasteiger partial charge is 0.274 e. The number of benzene rings is 2. The first-order valence-electron chi connectivity index (χ1n) is 8.22. The van der Waals surface area contributed by atoms with E-state index in [1.54, 1.807) is 30.3 Å². The number of carbonyl (C=O) groups excluding carboxylic acids is 2. The molecule has 6 heteroatoms. The van der Waals surface area contributed by atoms with Crippen molar-refractivity contribution < 1.29 is 14.3 Å². The highest BCUT2D eigenvalue weighted by molar-refractivity contribution is 6.07. The molecular weight excluding hydrogens is 330 g/mol. The molecule has 3 rings (SSSR count). The van der Waals surface area contributed by atoms with Gasteiger partial charge in [-0.1, -0.05) is 36.4 Å². The van der Waals surface area contributed by atoms with E-state index in [1.807, 2.05) is 30.3 Å². The first-order valence-corrected chi connectivity index (χ1v) is 8.22. The largest absolute Gasteiger partial charge is 0.384 e. The summed E-state index contributed by atoms with van der Waals surface area (Å²) in [6.45, 7) is 0.335. The molecule has 132 valence electrons. The van der Waals surface area contributed by atoms with Crippen molar-refractivity contribution in [2.45, 2.75) is 6.42 Å². The fourth-order valence-corrected chi connectivity index (χ4v) is 2.49. The number of nitrogens with one attached hydrogen (secondary N) is 2. The Hall–Kier alpha value is -3.25. The van der Waals surface area contributed by atoms with Crippen LogP contribution in [0.5, 0.6) is 0 Å². The quantitative estimate of drug-likeness (QED) is 0.714. The number of aromatic nitrogens is 1. The van der Waals surface area contributed by atoms with Crippen molar-refractivity contribution in [1.82, 2.24) is 4.98 Å². The van der Waals surface area contributed by atoms with Crippen LogP contribution in [0.2, 0.25) is 0 Å². The van der Waals surface area contributed by atoms with Gasteiger partial charge in [0.25, 0.3) is 5.91 Å². The number of ether oxygens (including phenoxy) is 1. The lowest BCUT2D eigenvalue weighted by Crippen LogP contribution is -2.18. The molecule has 0 saturated carbocycles. The normalized spacial score (nSPS) is 10.5. The number of rotatable bonds is 6. The topological polar surface area (TPSA) is 80.3 Å². The van der Waals surface area contributed by atoms with Crippen LogP contribution in [0.3, 0.4) is 0 Å². The predicted octanol–water partition coefficient (Wildman–Crippen LogP) is 3.46. The molecule has 0 spiro atoms. The van der Waals surface area contributed by atoms with Gasteiger partial charge in [0, 0.05) is 12.5 Å². The summed E-state index contributed by atoms with van der Waals surface area (Å²) in [7, 11) is 1.54. The number of hydrogen-bond acceptors (Lipinski definition) is 4. The molecule has 1 aromatic heterocycles. The van der Waals surface area contributed by atoms with E-state index in [2.05, 4.69) is 15.6 Å². The van der Waals surface area contributed by atoms with E-state index >= 15 is 0 Å². The Morgan fingerprint density at radius 1 is 0.923 bits per heavy atom. The summed E-state index contributed by atoms with van der Waals surface area (Å²) < 4.78 is 4.90. The maximum absolute atomic E-state index is 12.6. The Bertz CT molecular complexity index is 940. The lowest BCUT2D eigenvalue weighted by atomic mass is 10.2. The van der Waals surface area contributed by atoms with Gasteiger partial charge in [0.2, 0.25) is 5.91 Å². The molecule has 2 N–H and O–H groups in total. The van der Waals surface area contributed by atoms with Crippen LogP contribution in [0.4, 0.5) is 11.4 Å². The number of carbonyl (C=O) groups is 2. The molecule has 2 amide bonds. The lowest BCUT2D eigenvalue weighted by Gasteiger charge is -2.12. The molecule has 26 heavy (non-hydrogen) atoms. The minimum atomic E-state index is -0.339. The molecule has 2 aromatic carbocycles. The Kier molecular flexibility index (Phi) is 5.56. The second kappa shape index (κ2) is 8.22. The second-order valence-corrected chi connectivity index (χ2v) is 5.68. The maximum atomic E-state index is 12.6. The number of fused-ring (bicyclic) bond motifs is 1. The maximum Gasteiger partial charge on any atom is 0.274 e. The van der Waals surface area contributed by atoms with Crippen LogP contribution in [0.1, 0.15) is 16.9 Å². The van der Waals surface area contributed by atoms with E-state index in [0.29, 0.717) is 23.7 Å². The van der Waals surface area contributed by atoms with Crippen LogP contribution in [0.25, 0.3) is 10.9 Å². The van der Waals surface area contributed by atoms with Crippen molar-refractivity contribution in [3.05, 3.63) is 66.4 Å². The average Bonchev–Trinajstić information content (AvgIpc) is 2.67. The third-order valence-electron chi connectivity index (χ3n) is 3.81. The van der Waals surface area contributed by atoms with Crippen molar-refractivity contribution in [1.29, 1.82) is 0 Å². The second-order valence-electron chi connectivity index (χ2n) is 5.68. The van der Waals surface area contributed by atoms with Gasteiger partial charge in [-0.2, -0.15) is 0 Å². The molecule has 0 fully saturated rings. The fourth-order valence-electron chi connectivity index (χ4n) is 2.49. The van der Waals surface area contributed by atoms with E-state index < -0.39 is 0 Å². The van der Waals surface area contributed by atoms with Gasteiger partial charge in [0.15, 0.2) is 0 Å². The first kappa shape index (κ1) is 17.6. The first-order chi connectivity index (χ1) is 12.7. The Morgan fingerprint density at radius 2 is 1.62 bits per heavy atom. The van der Waals surface area contributed by atoms with Gasteiger partial charge in [-0.25, -0.2) is 4.98 Å². The zero-order valence-corrected chi connectivity index (χ0v) is 14.4. The van der Waals surface area contributed by atoms with E-state index in [-0.39, 0.29) is 18.2 Å². The third-order valence-corrected chi connectivity index (χ3v) is 3.81. The molecule has 0 unspecified atom stereocenters. The van der Waals surface area contributed by atoms with Crippen LogP contribution in [0, 0.1) is 0 Å². The molecule has 0 atom stereocenters. The van der Waals surface area contributed by atoms with Gasteiger partial charge < -0.3 is 15.4 Å². The molecular formula is C20H19N3O3. The summed E-state index contributed by atoms with van der Waals surface area (Å²) in [5.41, 5.74) is 2.10. The van der Waals surface area contributed by atoms with Crippen molar-refractivity contribution >= 4 is 34.1 Å². The minimum Gasteiger partial charge on any atom is -0.384 e. The van der Waals surface area contributed by atoms with E-state index in [4.69, 9.17) is 4.74 Å². The van der Waals surface area contributed by atoms with Crippen molar-refractivity contribution in [2.24, 2.45) is 0 Å². The van der Waals surface area contributed by atoms with Gasteiger partial charge in [0.05, 0.1) is 29.9 Å². The summed E-state index contributed by atoms with van der Waals surface area (Å²) in [6, 6.07) is 18.2. The monoisotopic (exact) mass is 349 g/mol. The molecule has 0 aliphatic heterocycles. The van der Waals surface area contributed by atoms with Gasteiger partial charge >= 0.3 is 0 Å². The number of nitrogens with zero attached hydrogens (tertiary/aromatic N) is 1. The van der Waals surface area contributed by atoms with Crippen molar-refractivity contribution in [3.63, 3.8) is 0 Å². The summed E-state index contributed by atoms with van der Waals surface area (Å²) in [5, 5.41) is 6.55. The minimum absolute atomic E-state index is 0.183. The molecule has 0 aliphatic carbocycles. The number of para-hydroxylation sites is 3. The van der Waals surface area contributed by atoms with Gasteiger partial charge in [-0.3, -0.25) is 9.59 Å². The number of anilines is 2. The third kappa shape index (κ3) is 4.23. The molecule has 0 aliphatic rings. The Morgan fingerprint density at radius 3 is 2.38 bits per heavy atom. The van der Waals surface area contributed by atoms with Crippen LogP contribution in [-0.2, 0) is 9.53 Å². The van der Waals surface area contributed by atoms with Crippen LogP contribution in [-0.4, -0.2) is 30.5 Å². The number of amides is 2. The predicted molar refractivity (Wildman–Crippen MR) is 101 cm³/mol. The van der Waals surface area contributed by atoms with Gasteiger partial charge in [0.1, 0.15) is 5.69 Å². The highest BCUT2D eigenvalue weighted by Gasteiger charge is 2.12. The fraction of sp³-hybridized carbons (Fsp3) is 0.150. The highest BCUT2D eigenvalue weighted by Crippen LogP contribution is 2.22. The Balaban J connectivity index is 1.77. The van der Waals surface area contributed by atoms with Crippen LogP contribution >= 0.6 is 0 Å². The van der Waals surface area contributed by atoms with Crippen molar-refractivity contribution in [3.8, 4) is 0 Å². The summed E-state index contributed by atoms with van der Waals surface area (Å²) >= 11 is 0. The summed E-state index contributed by atoms with van der Waals surface area (Å²) in [4.78, 5) is 28.9. The zero-order valence-electron chi connectivity index (χ0n) is 14.4. The molecule has 3 aromatic rings. The van der Waals surface area contributed by atoms with Crippen molar-refractivity contribution in [2.75, 3.05) is 24.4 Å². The molecule has 0 bridgehead atoms. The number of methoxy groups -OCH3 is 1.